The fourth-order valence-electron chi connectivity index (χ4n) is 2.44. The van der Waals surface area contributed by atoms with Crippen LogP contribution in [0.25, 0.3) is 0 Å². The van der Waals surface area contributed by atoms with E-state index in [1.165, 1.54) is 4.90 Å². The molecule has 0 spiro atoms. The van der Waals surface area contributed by atoms with Gasteiger partial charge in [0.15, 0.2) is 0 Å². The zero-order chi connectivity index (χ0) is 14.1. The molecule has 1 aliphatic rings. The summed E-state index contributed by atoms with van der Waals surface area (Å²) in [5.41, 5.74) is -0.384. The Hall–Kier alpha value is -1.26. The van der Waals surface area contributed by atoms with E-state index in [1.54, 1.807) is 4.90 Å². The van der Waals surface area contributed by atoms with Crippen LogP contribution in [0.1, 0.15) is 34.6 Å². The van der Waals surface area contributed by atoms with Gasteiger partial charge in [0, 0.05) is 19.6 Å². The van der Waals surface area contributed by atoms with Gasteiger partial charge in [-0.05, 0) is 11.3 Å². The predicted molar refractivity (Wildman–Crippen MR) is 69.4 cm³/mol. The molecule has 1 saturated heterocycles. The number of hydrogen-bond acceptors (Lipinski definition) is 2. The van der Waals surface area contributed by atoms with Crippen molar-refractivity contribution >= 4 is 12.0 Å². The van der Waals surface area contributed by atoms with Gasteiger partial charge in [-0.15, -0.1) is 0 Å². The van der Waals surface area contributed by atoms with E-state index >= 15 is 0 Å². The van der Waals surface area contributed by atoms with Gasteiger partial charge in [-0.1, -0.05) is 34.6 Å². The topological polar surface area (TPSA) is 60.9 Å². The smallest absolute Gasteiger partial charge is 0.408 e. The first-order chi connectivity index (χ1) is 8.14. The Bertz CT molecular complexity index is 334. The van der Waals surface area contributed by atoms with Gasteiger partial charge in [0.1, 0.15) is 6.04 Å². The second kappa shape index (κ2) is 5.16. The molecule has 1 N–H and O–H groups in total. The largest absolute Gasteiger partial charge is 0.465 e. The Labute approximate surface area is 109 Å². The molecule has 1 heterocycles. The number of piperazine rings is 1. The third kappa shape index (κ3) is 3.15. The van der Waals surface area contributed by atoms with E-state index in [1.807, 2.05) is 20.8 Å². The van der Waals surface area contributed by atoms with Gasteiger partial charge in [0.2, 0.25) is 5.91 Å². The highest BCUT2D eigenvalue weighted by atomic mass is 16.4. The van der Waals surface area contributed by atoms with Crippen LogP contribution in [-0.4, -0.2) is 52.6 Å². The normalized spacial score (nSPS) is 21.7. The lowest BCUT2D eigenvalue weighted by Crippen LogP contribution is -2.63. The Kier molecular flexibility index (Phi) is 4.24. The van der Waals surface area contributed by atoms with Crippen LogP contribution in [0.4, 0.5) is 4.79 Å². The van der Waals surface area contributed by atoms with Crippen molar-refractivity contribution in [3.8, 4) is 0 Å². The number of carboxylic acid groups (broad SMARTS) is 1. The second-order valence-electron chi connectivity index (χ2n) is 6.42. The quantitative estimate of drug-likeness (QED) is 0.820. The highest BCUT2D eigenvalue weighted by molar-refractivity contribution is 5.87. The first-order valence-electron chi connectivity index (χ1n) is 6.43. The molecule has 1 atom stereocenters. The maximum Gasteiger partial charge on any atom is 0.408 e. The van der Waals surface area contributed by atoms with Gasteiger partial charge in [0.05, 0.1) is 0 Å². The minimum atomic E-state index is -1.01. The third-order valence-corrected chi connectivity index (χ3v) is 3.12. The summed E-state index contributed by atoms with van der Waals surface area (Å²) in [4.78, 5) is 26.8. The molecular formula is C13H24N2O3. The lowest BCUT2D eigenvalue weighted by atomic mass is 9.83. The Morgan fingerprint density at radius 3 is 2.33 bits per heavy atom. The van der Waals surface area contributed by atoms with E-state index < -0.39 is 12.1 Å². The summed E-state index contributed by atoms with van der Waals surface area (Å²) in [6, 6.07) is -0.581. The van der Waals surface area contributed by atoms with Crippen molar-refractivity contribution in [3.05, 3.63) is 0 Å². The fraction of sp³-hybridized carbons (Fsp3) is 0.846. The van der Waals surface area contributed by atoms with E-state index in [4.69, 9.17) is 0 Å². The summed E-state index contributed by atoms with van der Waals surface area (Å²) in [6.45, 7) is 11.4. The number of nitrogens with zero attached hydrogens (tertiary/aromatic N) is 2. The summed E-state index contributed by atoms with van der Waals surface area (Å²) in [7, 11) is 0. The Morgan fingerprint density at radius 2 is 1.94 bits per heavy atom. The molecule has 0 aromatic heterocycles. The van der Waals surface area contributed by atoms with Crippen LogP contribution in [0, 0.1) is 11.3 Å². The van der Waals surface area contributed by atoms with Gasteiger partial charge in [0.25, 0.3) is 0 Å². The predicted octanol–water partition coefficient (Wildman–Crippen LogP) is 1.88. The molecule has 0 aromatic rings. The van der Waals surface area contributed by atoms with Crippen LogP contribution >= 0.6 is 0 Å². The van der Waals surface area contributed by atoms with Gasteiger partial charge >= 0.3 is 6.09 Å². The van der Waals surface area contributed by atoms with Gasteiger partial charge in [-0.2, -0.15) is 0 Å². The summed E-state index contributed by atoms with van der Waals surface area (Å²) < 4.78 is 0. The number of carbonyl (C=O) groups is 2. The highest BCUT2D eigenvalue weighted by Gasteiger charge is 2.44. The number of rotatable bonds is 2. The van der Waals surface area contributed by atoms with Crippen LogP contribution in [0.15, 0.2) is 0 Å². The first-order valence-corrected chi connectivity index (χ1v) is 6.43. The fourth-order valence-corrected chi connectivity index (χ4v) is 2.44. The zero-order valence-corrected chi connectivity index (χ0v) is 11.9. The molecule has 0 aromatic carbocycles. The van der Waals surface area contributed by atoms with E-state index in [0.29, 0.717) is 25.6 Å². The molecule has 2 amide bonds. The molecule has 0 radical (unpaired) electrons. The van der Waals surface area contributed by atoms with Crippen LogP contribution in [0.2, 0.25) is 0 Å². The number of carbonyl (C=O) groups excluding carboxylic acids is 1. The SMILES string of the molecule is CC(C)CN1CCN(C(=O)O)C(C(C)(C)C)C1=O. The van der Waals surface area contributed by atoms with Crippen LogP contribution in [0.5, 0.6) is 0 Å². The minimum Gasteiger partial charge on any atom is -0.465 e. The van der Waals surface area contributed by atoms with Gasteiger partial charge in [-0.25, -0.2) is 4.79 Å². The van der Waals surface area contributed by atoms with Crippen LogP contribution < -0.4 is 0 Å². The van der Waals surface area contributed by atoms with Crippen molar-refractivity contribution in [2.75, 3.05) is 19.6 Å². The molecule has 5 heteroatoms. The first kappa shape index (κ1) is 14.8. The molecule has 1 aliphatic heterocycles. The number of hydrogen-bond donors (Lipinski definition) is 1. The average Bonchev–Trinajstić information content (AvgIpc) is 2.17. The molecule has 1 fully saturated rings. The van der Waals surface area contributed by atoms with Crippen molar-refractivity contribution in [3.63, 3.8) is 0 Å². The average molecular weight is 256 g/mol. The molecule has 1 unspecified atom stereocenters. The van der Waals surface area contributed by atoms with E-state index in [-0.39, 0.29) is 11.3 Å². The molecule has 1 rings (SSSR count). The molecule has 0 saturated carbocycles. The van der Waals surface area contributed by atoms with Crippen molar-refractivity contribution < 1.29 is 14.7 Å². The van der Waals surface area contributed by atoms with Crippen LogP contribution in [0.3, 0.4) is 0 Å². The zero-order valence-electron chi connectivity index (χ0n) is 11.9. The minimum absolute atomic E-state index is 0.0650. The summed E-state index contributed by atoms with van der Waals surface area (Å²) in [6.07, 6.45) is -1.01. The summed E-state index contributed by atoms with van der Waals surface area (Å²) in [5.74, 6) is 0.329. The Morgan fingerprint density at radius 1 is 1.39 bits per heavy atom. The van der Waals surface area contributed by atoms with Crippen molar-refractivity contribution in [1.82, 2.24) is 9.80 Å². The molecule has 0 aliphatic carbocycles. The standard InChI is InChI=1S/C13H24N2O3/c1-9(2)8-14-6-7-15(12(17)18)10(11(14)16)13(3,4)5/h9-10H,6-8H2,1-5H3,(H,17,18). The molecule has 5 nitrogen and oxygen atoms in total. The van der Waals surface area contributed by atoms with Crippen molar-refractivity contribution in [1.29, 1.82) is 0 Å². The maximum absolute atomic E-state index is 12.4. The Balaban J connectivity index is 2.95. The monoisotopic (exact) mass is 256 g/mol. The maximum atomic E-state index is 12.4. The van der Waals surface area contributed by atoms with Gasteiger partial charge < -0.3 is 10.0 Å². The second-order valence-corrected chi connectivity index (χ2v) is 6.42. The molecule has 104 valence electrons. The summed E-state index contributed by atoms with van der Waals surface area (Å²) in [5, 5.41) is 9.21. The van der Waals surface area contributed by atoms with Crippen molar-refractivity contribution in [2.24, 2.45) is 11.3 Å². The lowest BCUT2D eigenvalue weighted by molar-refractivity contribution is -0.145. The van der Waals surface area contributed by atoms with E-state index in [2.05, 4.69) is 13.8 Å². The van der Waals surface area contributed by atoms with Crippen molar-refractivity contribution in [2.45, 2.75) is 40.7 Å². The molecule has 0 bridgehead atoms. The van der Waals surface area contributed by atoms with E-state index in [0.717, 1.165) is 0 Å². The highest BCUT2D eigenvalue weighted by Crippen LogP contribution is 2.29. The van der Waals surface area contributed by atoms with Crippen LogP contribution in [-0.2, 0) is 4.79 Å². The molecular weight excluding hydrogens is 232 g/mol. The molecule has 18 heavy (non-hydrogen) atoms. The number of amides is 2. The van der Waals surface area contributed by atoms with E-state index in [9.17, 15) is 14.7 Å². The third-order valence-electron chi connectivity index (χ3n) is 3.12. The summed E-state index contributed by atoms with van der Waals surface area (Å²) >= 11 is 0. The van der Waals surface area contributed by atoms with Gasteiger partial charge in [-0.3, -0.25) is 9.69 Å². The lowest BCUT2D eigenvalue weighted by Gasteiger charge is -2.45.